The standard InChI is InChI=1S/C35H38FN7O2.2H2/c1-22-8-9-26(19-29(22)25-12-14-38-33(36)18-25)40-35-41-30-20-27(10-11-32(30)42(35)4)45-28-13-15-37-31(21-28)34(44)39-16-17-43-23(2)6-5-7-24(43)3;;/h8-15,18-21,23-24H,5-7,16-17H2,1-4H3,(H,39,44)(H,40,41);2*1H. The molecule has 45 heavy (non-hydrogen) atoms. The molecule has 1 amide bonds. The smallest absolute Gasteiger partial charge is 0.270 e. The molecule has 10 heteroatoms. The van der Waals surface area contributed by atoms with E-state index in [1.54, 1.807) is 24.4 Å². The molecule has 2 aromatic carbocycles. The van der Waals surface area contributed by atoms with E-state index in [-0.39, 0.29) is 8.76 Å². The summed E-state index contributed by atoms with van der Waals surface area (Å²) in [5.41, 5.74) is 5.49. The molecule has 1 fully saturated rings. The molecule has 6 rings (SSSR count). The fourth-order valence-electron chi connectivity index (χ4n) is 6.10. The fourth-order valence-corrected chi connectivity index (χ4v) is 6.10. The van der Waals surface area contributed by atoms with Crippen molar-refractivity contribution in [2.45, 2.75) is 52.1 Å². The van der Waals surface area contributed by atoms with Gasteiger partial charge in [-0.1, -0.05) is 12.5 Å². The second kappa shape index (κ2) is 13.0. The molecule has 0 saturated carbocycles. The van der Waals surface area contributed by atoms with Crippen LogP contribution < -0.4 is 15.4 Å². The van der Waals surface area contributed by atoms with Crippen molar-refractivity contribution in [3.63, 3.8) is 0 Å². The van der Waals surface area contributed by atoms with E-state index in [0.717, 1.165) is 40.0 Å². The number of carbonyl (C=O) groups is 1. The molecule has 1 aliphatic heterocycles. The van der Waals surface area contributed by atoms with Gasteiger partial charge in [-0.2, -0.15) is 4.39 Å². The van der Waals surface area contributed by atoms with E-state index in [9.17, 15) is 9.18 Å². The van der Waals surface area contributed by atoms with Gasteiger partial charge >= 0.3 is 0 Å². The number of nitrogens with zero attached hydrogens (tertiary/aromatic N) is 5. The second-order valence-corrected chi connectivity index (χ2v) is 11.8. The first-order valence-electron chi connectivity index (χ1n) is 15.4. The predicted molar refractivity (Wildman–Crippen MR) is 179 cm³/mol. The maximum atomic E-state index is 13.8. The van der Waals surface area contributed by atoms with Crippen molar-refractivity contribution in [3.8, 4) is 22.6 Å². The second-order valence-electron chi connectivity index (χ2n) is 11.8. The minimum absolute atomic E-state index is 0. The van der Waals surface area contributed by atoms with Crippen molar-refractivity contribution < 1.29 is 16.8 Å². The molecule has 236 valence electrons. The Kier molecular flexibility index (Phi) is 8.75. The Balaban J connectivity index is 0.00000250. The van der Waals surface area contributed by atoms with E-state index in [0.29, 0.717) is 41.8 Å². The minimum atomic E-state index is -0.516. The zero-order valence-electron chi connectivity index (χ0n) is 26.0. The van der Waals surface area contributed by atoms with Gasteiger partial charge in [0.15, 0.2) is 0 Å². The van der Waals surface area contributed by atoms with E-state index in [4.69, 9.17) is 9.72 Å². The number of nitrogens with one attached hydrogen (secondary N) is 2. The number of amides is 1. The third-order valence-electron chi connectivity index (χ3n) is 8.61. The molecule has 2 unspecified atom stereocenters. The molecule has 0 spiro atoms. The molecule has 1 aliphatic rings. The highest BCUT2D eigenvalue weighted by molar-refractivity contribution is 5.92. The highest BCUT2D eigenvalue weighted by atomic mass is 19.1. The Bertz CT molecular complexity index is 1840. The van der Waals surface area contributed by atoms with Gasteiger partial charge in [0, 0.05) is 71.4 Å². The number of halogens is 1. The largest absolute Gasteiger partial charge is 0.457 e. The Morgan fingerprint density at radius 3 is 2.58 bits per heavy atom. The molecular weight excluding hydrogens is 569 g/mol. The van der Waals surface area contributed by atoms with Crippen molar-refractivity contribution in [1.29, 1.82) is 0 Å². The summed E-state index contributed by atoms with van der Waals surface area (Å²) in [7, 11) is 1.94. The molecule has 0 radical (unpaired) electrons. The van der Waals surface area contributed by atoms with Crippen LogP contribution in [0.1, 0.15) is 52.0 Å². The SMILES string of the molecule is Cc1ccc(Nc2nc3cc(Oc4ccnc(C(=O)NCCN5C(C)CCCC5C)c4)ccc3n2C)cc1-c1ccnc(F)c1.[HH].[HH]. The van der Waals surface area contributed by atoms with Crippen LogP contribution in [0.25, 0.3) is 22.2 Å². The van der Waals surface area contributed by atoms with Gasteiger partial charge in [-0.15, -0.1) is 0 Å². The van der Waals surface area contributed by atoms with E-state index in [1.807, 2.05) is 54.9 Å². The van der Waals surface area contributed by atoms with Crippen molar-refractivity contribution in [3.05, 3.63) is 90.3 Å². The molecule has 3 aromatic heterocycles. The number of carbonyl (C=O) groups excluding carboxylic acids is 1. The molecule has 2 N–H and O–H groups in total. The number of imidazole rings is 1. The number of anilines is 2. The molecule has 0 aliphatic carbocycles. The van der Waals surface area contributed by atoms with Gasteiger partial charge in [-0.25, -0.2) is 9.97 Å². The fraction of sp³-hybridized carbons (Fsp3) is 0.314. The first kappa shape index (κ1) is 30.2. The number of hydrogen-bond donors (Lipinski definition) is 2. The summed E-state index contributed by atoms with van der Waals surface area (Å²) in [4.78, 5) is 28.1. The van der Waals surface area contributed by atoms with E-state index in [1.165, 1.54) is 31.5 Å². The van der Waals surface area contributed by atoms with Crippen LogP contribution >= 0.6 is 0 Å². The molecular formula is C35H42FN7O2. The summed E-state index contributed by atoms with van der Waals surface area (Å²) >= 11 is 0. The topological polar surface area (TPSA) is 97.2 Å². The molecule has 4 heterocycles. The van der Waals surface area contributed by atoms with Crippen LogP contribution in [0.2, 0.25) is 0 Å². The highest BCUT2D eigenvalue weighted by Gasteiger charge is 2.24. The van der Waals surface area contributed by atoms with E-state index < -0.39 is 5.95 Å². The van der Waals surface area contributed by atoms with Crippen LogP contribution in [0.4, 0.5) is 16.0 Å². The zero-order chi connectivity index (χ0) is 31.5. The maximum absolute atomic E-state index is 13.8. The van der Waals surface area contributed by atoms with Crippen LogP contribution in [0.3, 0.4) is 0 Å². The van der Waals surface area contributed by atoms with Gasteiger partial charge in [0.05, 0.1) is 11.0 Å². The summed E-state index contributed by atoms with van der Waals surface area (Å²) in [6.07, 6.45) is 6.71. The molecule has 9 nitrogen and oxygen atoms in total. The van der Waals surface area contributed by atoms with E-state index in [2.05, 4.69) is 39.3 Å². The first-order valence-corrected chi connectivity index (χ1v) is 15.4. The third-order valence-corrected chi connectivity index (χ3v) is 8.61. The van der Waals surface area contributed by atoms with Gasteiger partial charge in [-0.05, 0) is 86.7 Å². The summed E-state index contributed by atoms with van der Waals surface area (Å²) in [5, 5.41) is 6.40. The number of likely N-dealkylation sites (tertiary alicyclic amines) is 1. The van der Waals surface area contributed by atoms with Gasteiger partial charge < -0.3 is 19.9 Å². The molecule has 1 saturated heterocycles. The van der Waals surface area contributed by atoms with Gasteiger partial charge in [0.1, 0.15) is 17.2 Å². The number of piperidine rings is 1. The summed E-state index contributed by atoms with van der Waals surface area (Å²) in [6, 6.07) is 19.3. The predicted octanol–water partition coefficient (Wildman–Crippen LogP) is 7.50. The lowest BCUT2D eigenvalue weighted by atomic mass is 9.98. The number of benzene rings is 2. The van der Waals surface area contributed by atoms with Crippen LogP contribution in [-0.4, -0.2) is 55.5 Å². The Hall–Kier alpha value is -4.83. The van der Waals surface area contributed by atoms with Crippen molar-refractivity contribution in [2.24, 2.45) is 7.05 Å². The number of aromatic nitrogens is 4. The number of ether oxygens (including phenoxy) is 1. The molecule has 5 aromatic rings. The van der Waals surface area contributed by atoms with E-state index >= 15 is 0 Å². The summed E-state index contributed by atoms with van der Waals surface area (Å²) in [6.45, 7) is 7.89. The lowest BCUT2D eigenvalue weighted by molar-refractivity contribution is 0.0885. The van der Waals surface area contributed by atoms with Gasteiger partial charge in [-0.3, -0.25) is 14.7 Å². The molecule has 0 bridgehead atoms. The number of fused-ring (bicyclic) bond motifs is 1. The summed E-state index contributed by atoms with van der Waals surface area (Å²) < 4.78 is 21.9. The van der Waals surface area contributed by atoms with Crippen LogP contribution in [0.5, 0.6) is 11.5 Å². The normalized spacial score (nSPS) is 16.9. The van der Waals surface area contributed by atoms with Gasteiger partial charge in [0.2, 0.25) is 11.9 Å². The van der Waals surface area contributed by atoms with Crippen molar-refractivity contribution >= 4 is 28.6 Å². The van der Waals surface area contributed by atoms with Crippen LogP contribution in [0.15, 0.2) is 73.1 Å². The van der Waals surface area contributed by atoms with Crippen molar-refractivity contribution in [2.75, 3.05) is 18.4 Å². The first-order chi connectivity index (χ1) is 21.7. The average molecular weight is 612 g/mol. The lowest BCUT2D eigenvalue weighted by Crippen LogP contribution is -2.47. The molecule has 2 atom stereocenters. The number of aryl methyl sites for hydroxylation is 2. The Morgan fingerprint density at radius 1 is 1.00 bits per heavy atom. The summed E-state index contributed by atoms with van der Waals surface area (Å²) in [5.74, 6) is 1.02. The Labute approximate surface area is 265 Å². The maximum Gasteiger partial charge on any atom is 0.270 e. The third kappa shape index (κ3) is 6.81. The quantitative estimate of drug-likeness (QED) is 0.167. The number of pyridine rings is 2. The Morgan fingerprint density at radius 2 is 1.78 bits per heavy atom. The minimum Gasteiger partial charge on any atom is -0.457 e. The van der Waals surface area contributed by atoms with Crippen molar-refractivity contribution in [1.82, 2.24) is 29.7 Å². The lowest BCUT2D eigenvalue weighted by Gasteiger charge is -2.39. The van der Waals surface area contributed by atoms with Gasteiger partial charge in [0.25, 0.3) is 5.91 Å². The number of rotatable bonds is 9. The van der Waals surface area contributed by atoms with Crippen LogP contribution in [-0.2, 0) is 7.05 Å². The zero-order valence-corrected chi connectivity index (χ0v) is 26.0. The number of hydrogen-bond acceptors (Lipinski definition) is 7. The highest BCUT2D eigenvalue weighted by Crippen LogP contribution is 2.31. The van der Waals surface area contributed by atoms with Crippen LogP contribution in [0, 0.1) is 12.9 Å². The average Bonchev–Trinajstić information content (AvgIpc) is 3.33. The monoisotopic (exact) mass is 611 g/mol.